The number of aromatic nitrogens is 2. The van der Waals surface area contributed by atoms with E-state index in [0.29, 0.717) is 48.9 Å². The Morgan fingerprint density at radius 1 is 1.21 bits per heavy atom. The second kappa shape index (κ2) is 11.0. The van der Waals surface area contributed by atoms with Crippen LogP contribution in [0.5, 0.6) is 0 Å². The van der Waals surface area contributed by atoms with E-state index in [0.717, 1.165) is 31.4 Å². The quantitative estimate of drug-likeness (QED) is 0.450. The number of ether oxygens (including phenoxy) is 1. The van der Waals surface area contributed by atoms with Crippen LogP contribution in [0.2, 0.25) is 5.02 Å². The zero-order valence-corrected chi connectivity index (χ0v) is 21.9. The van der Waals surface area contributed by atoms with E-state index in [1.54, 1.807) is 11.0 Å². The summed E-state index contributed by atoms with van der Waals surface area (Å²) >= 11 is 6.55. The van der Waals surface area contributed by atoms with E-state index >= 15 is 0 Å². The van der Waals surface area contributed by atoms with Gasteiger partial charge in [-0.2, -0.15) is 18.2 Å². The van der Waals surface area contributed by atoms with Crippen LogP contribution in [0.3, 0.4) is 0 Å². The van der Waals surface area contributed by atoms with Crippen LogP contribution in [-0.4, -0.2) is 84.3 Å². The Bertz CT molecular complexity index is 1150. The van der Waals surface area contributed by atoms with Crippen molar-refractivity contribution < 1.29 is 22.7 Å². The average molecular weight is 554 g/mol. The van der Waals surface area contributed by atoms with Crippen LogP contribution in [0, 0.1) is 0 Å². The van der Waals surface area contributed by atoms with Gasteiger partial charge in [-0.1, -0.05) is 11.6 Å². The lowest BCUT2D eigenvalue weighted by molar-refractivity contribution is -0.137. The third kappa shape index (κ3) is 5.85. The van der Waals surface area contributed by atoms with Crippen LogP contribution in [0.1, 0.15) is 31.2 Å². The molecule has 2 aromatic rings. The predicted molar refractivity (Wildman–Crippen MR) is 139 cm³/mol. The number of carbonyl (C=O) groups excluding carboxylic acids is 1. The summed E-state index contributed by atoms with van der Waals surface area (Å²) in [4.78, 5) is 26.0. The molecule has 4 heterocycles. The molecule has 0 spiro atoms. The Hall–Kier alpha value is -2.99. The molecule has 1 aromatic carbocycles. The van der Waals surface area contributed by atoms with Gasteiger partial charge >= 0.3 is 12.3 Å². The number of cyclic esters (lactones) is 1. The number of fused-ring (bicyclic) bond motifs is 2. The van der Waals surface area contributed by atoms with Crippen molar-refractivity contribution in [3.8, 4) is 0 Å². The summed E-state index contributed by atoms with van der Waals surface area (Å²) in [5, 5.41) is 6.13. The second-order valence-corrected chi connectivity index (χ2v) is 10.3. The number of anilines is 4. The molecule has 0 aliphatic carbocycles. The monoisotopic (exact) mass is 553 g/mol. The van der Waals surface area contributed by atoms with Gasteiger partial charge in [0.05, 0.1) is 17.3 Å². The largest absolute Gasteiger partial charge is 0.449 e. The van der Waals surface area contributed by atoms with Gasteiger partial charge in [0.15, 0.2) is 0 Å². The molecule has 2 bridgehead atoms. The Balaban J connectivity index is 1.25. The number of carbonyl (C=O) groups is 1. The number of hydrogen-bond acceptors (Lipinski definition) is 8. The number of likely N-dealkylation sites (N-methyl/N-ethyl adjacent to an activating group) is 1. The molecule has 9 nitrogen and oxygen atoms in total. The number of hydrogen-bond donors (Lipinski definition) is 2. The summed E-state index contributed by atoms with van der Waals surface area (Å²) in [5.74, 6) is -0.343. The van der Waals surface area contributed by atoms with Gasteiger partial charge in [-0.25, -0.2) is 9.78 Å². The molecule has 2 atom stereocenters. The fourth-order valence-corrected chi connectivity index (χ4v) is 5.53. The predicted octanol–water partition coefficient (Wildman–Crippen LogP) is 4.82. The average Bonchev–Trinajstić information content (AvgIpc) is 3.08. The smallest absolute Gasteiger partial charge is 0.421 e. The van der Waals surface area contributed by atoms with Crippen molar-refractivity contribution in [1.29, 1.82) is 0 Å². The number of amides is 1. The highest BCUT2D eigenvalue weighted by Gasteiger charge is 2.38. The summed E-state index contributed by atoms with van der Waals surface area (Å²) in [6.45, 7) is 3.40. The molecule has 3 aliphatic rings. The summed E-state index contributed by atoms with van der Waals surface area (Å²) in [6, 6.07) is 6.68. The summed E-state index contributed by atoms with van der Waals surface area (Å²) in [7, 11) is 2.18. The van der Waals surface area contributed by atoms with Gasteiger partial charge in [0, 0.05) is 56.7 Å². The third-order valence-corrected chi connectivity index (χ3v) is 7.77. The van der Waals surface area contributed by atoms with Crippen molar-refractivity contribution in [1.82, 2.24) is 19.8 Å². The molecule has 0 radical (unpaired) electrons. The van der Waals surface area contributed by atoms with Crippen molar-refractivity contribution in [2.45, 2.75) is 43.9 Å². The Morgan fingerprint density at radius 2 is 1.97 bits per heavy atom. The van der Waals surface area contributed by atoms with Crippen LogP contribution in [0.15, 0.2) is 24.4 Å². The molecule has 0 saturated carbocycles. The Labute approximate surface area is 224 Å². The summed E-state index contributed by atoms with van der Waals surface area (Å²) in [6.07, 6.45) is -0.724. The standard InChI is InChI=1S/C25H31ClF3N7O2/c1-34-17-4-5-18(34)15-36(14-17)16-6-7-21(20(26)12-16)32-23-31-13-19(25(27,28)29)22(33-23)30-8-2-9-35-10-3-11-38-24(35)37/h6-7,12-13,17-18H,2-5,8-11,14-15H2,1H3,(H2,30,31,32,33)/t17-,18+. The zero-order chi connectivity index (χ0) is 26.9. The molecule has 1 aromatic heterocycles. The molecule has 3 aliphatic heterocycles. The van der Waals surface area contributed by atoms with E-state index in [4.69, 9.17) is 16.3 Å². The van der Waals surface area contributed by atoms with Gasteiger partial charge in [0.25, 0.3) is 0 Å². The van der Waals surface area contributed by atoms with Gasteiger partial charge in [-0.15, -0.1) is 0 Å². The topological polar surface area (TPSA) is 85.9 Å². The van der Waals surface area contributed by atoms with Crippen molar-refractivity contribution in [2.75, 3.05) is 61.9 Å². The molecule has 1 amide bonds. The molecule has 38 heavy (non-hydrogen) atoms. The second-order valence-electron chi connectivity index (χ2n) is 9.93. The number of nitrogens with one attached hydrogen (secondary N) is 2. The maximum atomic E-state index is 13.6. The highest BCUT2D eigenvalue weighted by molar-refractivity contribution is 6.33. The fourth-order valence-electron chi connectivity index (χ4n) is 5.31. The lowest BCUT2D eigenvalue weighted by atomic mass is 10.1. The highest BCUT2D eigenvalue weighted by Crippen LogP contribution is 2.36. The van der Waals surface area contributed by atoms with E-state index in [-0.39, 0.29) is 18.3 Å². The van der Waals surface area contributed by atoms with Gasteiger partial charge in [0.1, 0.15) is 11.4 Å². The molecule has 0 unspecified atom stereocenters. The minimum absolute atomic E-state index is 0.00704. The molecule has 5 rings (SSSR count). The molecule has 3 saturated heterocycles. The molecule has 2 N–H and O–H groups in total. The Kier molecular flexibility index (Phi) is 7.71. The maximum Gasteiger partial charge on any atom is 0.421 e. The molecular formula is C25H31ClF3N7O2. The van der Waals surface area contributed by atoms with Crippen molar-refractivity contribution in [3.63, 3.8) is 0 Å². The number of alkyl halides is 3. The minimum Gasteiger partial charge on any atom is -0.449 e. The lowest BCUT2D eigenvalue weighted by Gasteiger charge is -2.40. The Morgan fingerprint density at radius 3 is 2.66 bits per heavy atom. The lowest BCUT2D eigenvalue weighted by Crippen LogP contribution is -2.52. The van der Waals surface area contributed by atoms with Crippen molar-refractivity contribution in [3.05, 3.63) is 35.0 Å². The van der Waals surface area contributed by atoms with Crippen LogP contribution in [0.4, 0.5) is 41.1 Å². The van der Waals surface area contributed by atoms with Crippen LogP contribution < -0.4 is 15.5 Å². The first-order valence-electron chi connectivity index (χ1n) is 12.8. The van der Waals surface area contributed by atoms with Gasteiger partial charge in [-0.05, 0) is 50.9 Å². The number of benzene rings is 1. The molecule has 3 fully saturated rings. The van der Waals surface area contributed by atoms with E-state index in [1.165, 1.54) is 12.8 Å². The molecule has 13 heteroatoms. The van der Waals surface area contributed by atoms with E-state index in [1.807, 2.05) is 12.1 Å². The van der Waals surface area contributed by atoms with E-state index in [2.05, 4.69) is 37.4 Å². The minimum atomic E-state index is -4.63. The summed E-state index contributed by atoms with van der Waals surface area (Å²) in [5.41, 5.74) is 0.548. The first kappa shape index (κ1) is 26.6. The fraction of sp³-hybridized carbons (Fsp3) is 0.560. The van der Waals surface area contributed by atoms with Crippen LogP contribution in [-0.2, 0) is 10.9 Å². The third-order valence-electron chi connectivity index (χ3n) is 7.46. The number of nitrogens with zero attached hydrogens (tertiary/aromatic N) is 5. The normalized spacial score (nSPS) is 22.0. The zero-order valence-electron chi connectivity index (χ0n) is 21.1. The molecular weight excluding hydrogens is 523 g/mol. The summed E-state index contributed by atoms with van der Waals surface area (Å²) < 4.78 is 45.7. The number of piperazine rings is 1. The first-order chi connectivity index (χ1) is 18.2. The highest BCUT2D eigenvalue weighted by atomic mass is 35.5. The van der Waals surface area contributed by atoms with Crippen molar-refractivity contribution in [2.24, 2.45) is 0 Å². The van der Waals surface area contributed by atoms with Gasteiger partial charge in [-0.3, -0.25) is 4.90 Å². The van der Waals surface area contributed by atoms with Gasteiger partial charge in [0.2, 0.25) is 5.95 Å². The SMILES string of the molecule is CN1[C@@H]2CC[C@H]1CN(c1ccc(Nc3ncc(C(F)(F)F)c(NCCCN4CCCOC4=O)n3)c(Cl)c1)C2. The van der Waals surface area contributed by atoms with Crippen molar-refractivity contribution >= 4 is 40.8 Å². The van der Waals surface area contributed by atoms with E-state index < -0.39 is 17.8 Å². The first-order valence-corrected chi connectivity index (χ1v) is 13.2. The van der Waals surface area contributed by atoms with E-state index in [9.17, 15) is 18.0 Å². The number of halogens is 4. The maximum absolute atomic E-state index is 13.6. The molecule has 206 valence electrons. The van der Waals surface area contributed by atoms with Crippen LogP contribution in [0.25, 0.3) is 0 Å². The number of rotatable bonds is 8. The van der Waals surface area contributed by atoms with Crippen LogP contribution >= 0.6 is 11.6 Å². The van der Waals surface area contributed by atoms with Gasteiger partial charge < -0.3 is 25.2 Å².